The monoisotopic (exact) mass is 345 g/mol. The number of nitrogens with two attached hydrogens (primary N) is 2. The fourth-order valence-electron chi connectivity index (χ4n) is 3.47. The number of carbonyl (C=O) groups is 1. The van der Waals surface area contributed by atoms with E-state index in [2.05, 4.69) is 0 Å². The van der Waals surface area contributed by atoms with E-state index < -0.39 is 5.72 Å². The van der Waals surface area contributed by atoms with Crippen molar-refractivity contribution in [2.75, 3.05) is 11.5 Å². The minimum atomic E-state index is -1.61. The summed E-state index contributed by atoms with van der Waals surface area (Å²) < 4.78 is 0. The highest BCUT2D eigenvalue weighted by molar-refractivity contribution is 6.00. The topological polar surface area (TPSA) is 92.6 Å². The normalized spacial score (nSPS) is 18.8. The number of nitrogens with zero attached hydrogens (tertiary/aromatic N) is 1. The summed E-state index contributed by atoms with van der Waals surface area (Å²) >= 11 is 0. The molecule has 0 bridgehead atoms. The molecule has 0 saturated heterocycles. The third kappa shape index (κ3) is 2.33. The number of fused-ring (bicyclic) bond motifs is 1. The van der Waals surface area contributed by atoms with Gasteiger partial charge in [0.25, 0.3) is 5.91 Å². The lowest BCUT2D eigenvalue weighted by Gasteiger charge is -2.35. The first-order valence-corrected chi connectivity index (χ1v) is 8.35. The standard InChI is InChI=1S/C21H19N3O2/c22-18-11-10-15(12-19(18)23)21(26)17-9-5-4-8-16(17)20(25)24(21)13-14-6-2-1-3-7-14/h1-12,26H,13,22-23H2/t21-/m0/s1. The SMILES string of the molecule is Nc1ccc([C@]2(O)c3ccccc3C(=O)N2Cc2ccccc2)cc1N. The molecular formula is C21H19N3O2. The molecule has 5 N–H and O–H groups in total. The van der Waals surface area contributed by atoms with Gasteiger partial charge >= 0.3 is 0 Å². The summed E-state index contributed by atoms with van der Waals surface area (Å²) in [5.41, 5.74) is 13.5. The van der Waals surface area contributed by atoms with Crippen molar-refractivity contribution < 1.29 is 9.90 Å². The molecule has 4 rings (SSSR count). The van der Waals surface area contributed by atoms with E-state index in [9.17, 15) is 9.90 Å². The van der Waals surface area contributed by atoms with Crippen LogP contribution in [-0.4, -0.2) is 15.9 Å². The number of anilines is 2. The van der Waals surface area contributed by atoms with Crippen LogP contribution >= 0.6 is 0 Å². The van der Waals surface area contributed by atoms with E-state index >= 15 is 0 Å². The molecule has 26 heavy (non-hydrogen) atoms. The van der Waals surface area contributed by atoms with Crippen LogP contribution < -0.4 is 11.5 Å². The van der Waals surface area contributed by atoms with Gasteiger partial charge in [0.05, 0.1) is 11.4 Å². The molecule has 0 saturated carbocycles. The second kappa shape index (κ2) is 5.89. The molecule has 0 unspecified atom stereocenters. The quantitative estimate of drug-likeness (QED) is 0.636. The Kier molecular flexibility index (Phi) is 3.67. The fourth-order valence-corrected chi connectivity index (χ4v) is 3.47. The van der Waals surface area contributed by atoms with Gasteiger partial charge in [0.2, 0.25) is 0 Å². The number of hydrogen-bond acceptors (Lipinski definition) is 4. The van der Waals surface area contributed by atoms with Crippen molar-refractivity contribution >= 4 is 17.3 Å². The van der Waals surface area contributed by atoms with E-state index in [0.717, 1.165) is 5.56 Å². The van der Waals surface area contributed by atoms with Gasteiger partial charge in [-0.2, -0.15) is 0 Å². The van der Waals surface area contributed by atoms with Crippen LogP contribution in [0.4, 0.5) is 11.4 Å². The van der Waals surface area contributed by atoms with E-state index in [1.807, 2.05) is 36.4 Å². The van der Waals surface area contributed by atoms with Gasteiger partial charge in [-0.05, 0) is 23.8 Å². The first-order valence-electron chi connectivity index (χ1n) is 8.35. The highest BCUT2D eigenvalue weighted by Gasteiger charge is 2.49. The zero-order valence-electron chi connectivity index (χ0n) is 14.1. The summed E-state index contributed by atoms with van der Waals surface area (Å²) in [4.78, 5) is 14.5. The highest BCUT2D eigenvalue weighted by atomic mass is 16.3. The van der Waals surface area contributed by atoms with E-state index in [4.69, 9.17) is 11.5 Å². The average molecular weight is 345 g/mol. The minimum absolute atomic E-state index is 0.220. The number of hydrogen-bond donors (Lipinski definition) is 3. The highest BCUT2D eigenvalue weighted by Crippen LogP contribution is 2.43. The van der Waals surface area contributed by atoms with Crippen LogP contribution in [0.15, 0.2) is 72.8 Å². The molecule has 1 aliphatic heterocycles. The smallest absolute Gasteiger partial charge is 0.257 e. The molecule has 0 aromatic heterocycles. The number of rotatable bonds is 3. The Balaban J connectivity index is 1.89. The van der Waals surface area contributed by atoms with Gasteiger partial charge in [0.15, 0.2) is 5.72 Å². The second-order valence-corrected chi connectivity index (χ2v) is 6.44. The van der Waals surface area contributed by atoms with Crippen LogP contribution in [0.1, 0.15) is 27.0 Å². The van der Waals surface area contributed by atoms with Crippen molar-refractivity contribution in [2.24, 2.45) is 0 Å². The molecule has 5 nitrogen and oxygen atoms in total. The number of amides is 1. The maximum absolute atomic E-state index is 13.1. The first-order chi connectivity index (χ1) is 12.5. The van der Waals surface area contributed by atoms with Crippen LogP contribution in [0.3, 0.4) is 0 Å². The molecule has 1 heterocycles. The third-order valence-corrected chi connectivity index (χ3v) is 4.84. The van der Waals surface area contributed by atoms with Crippen molar-refractivity contribution in [3.8, 4) is 0 Å². The van der Waals surface area contributed by atoms with Crippen LogP contribution in [-0.2, 0) is 12.3 Å². The van der Waals surface area contributed by atoms with Gasteiger partial charge in [-0.15, -0.1) is 0 Å². The van der Waals surface area contributed by atoms with Gasteiger partial charge < -0.3 is 16.6 Å². The molecule has 3 aromatic carbocycles. The number of aliphatic hydroxyl groups is 1. The lowest BCUT2D eigenvalue weighted by Crippen LogP contribution is -2.44. The summed E-state index contributed by atoms with van der Waals surface area (Å²) in [5, 5.41) is 11.7. The lowest BCUT2D eigenvalue weighted by molar-refractivity contribution is -0.0542. The number of nitrogen functional groups attached to an aromatic ring is 2. The molecule has 0 fully saturated rings. The van der Waals surface area contributed by atoms with Gasteiger partial charge in [-0.25, -0.2) is 0 Å². The number of carbonyl (C=O) groups excluding carboxylic acids is 1. The molecule has 3 aromatic rings. The van der Waals surface area contributed by atoms with Crippen LogP contribution in [0.5, 0.6) is 0 Å². The minimum Gasteiger partial charge on any atom is -0.397 e. The fraction of sp³-hybridized carbons (Fsp3) is 0.0952. The summed E-state index contributed by atoms with van der Waals surface area (Å²) in [6.45, 7) is 0.273. The Morgan fingerprint density at radius 1 is 0.885 bits per heavy atom. The zero-order valence-corrected chi connectivity index (χ0v) is 14.1. The number of benzene rings is 3. The van der Waals surface area contributed by atoms with Crippen LogP contribution in [0.2, 0.25) is 0 Å². The molecule has 0 radical (unpaired) electrons. The summed E-state index contributed by atoms with van der Waals surface area (Å²) in [5.74, 6) is -0.220. The van der Waals surface area contributed by atoms with Gasteiger partial charge in [0.1, 0.15) is 0 Å². The first kappa shape index (κ1) is 16.2. The van der Waals surface area contributed by atoms with Gasteiger partial charge in [-0.1, -0.05) is 54.6 Å². The van der Waals surface area contributed by atoms with E-state index in [0.29, 0.717) is 28.1 Å². The Morgan fingerprint density at radius 2 is 1.58 bits per heavy atom. The third-order valence-electron chi connectivity index (χ3n) is 4.84. The van der Waals surface area contributed by atoms with Crippen molar-refractivity contribution in [1.82, 2.24) is 4.90 Å². The second-order valence-electron chi connectivity index (χ2n) is 6.44. The van der Waals surface area contributed by atoms with Crippen LogP contribution in [0.25, 0.3) is 0 Å². The zero-order chi connectivity index (χ0) is 18.3. The molecule has 5 heteroatoms. The summed E-state index contributed by atoms with van der Waals surface area (Å²) in [6, 6.07) is 21.7. The van der Waals surface area contributed by atoms with Crippen molar-refractivity contribution in [3.63, 3.8) is 0 Å². The predicted octanol–water partition coefficient (Wildman–Crippen LogP) is 2.70. The Hall–Kier alpha value is -3.31. The Morgan fingerprint density at radius 3 is 2.31 bits per heavy atom. The van der Waals surface area contributed by atoms with Crippen molar-refractivity contribution in [2.45, 2.75) is 12.3 Å². The predicted molar refractivity (Wildman–Crippen MR) is 101 cm³/mol. The maximum atomic E-state index is 13.1. The van der Waals surface area contributed by atoms with Crippen molar-refractivity contribution in [1.29, 1.82) is 0 Å². The molecule has 1 amide bonds. The molecule has 0 aliphatic carbocycles. The van der Waals surface area contributed by atoms with Gasteiger partial charge in [0, 0.05) is 23.2 Å². The molecule has 1 aliphatic rings. The molecule has 0 spiro atoms. The van der Waals surface area contributed by atoms with Gasteiger partial charge in [-0.3, -0.25) is 9.69 Å². The van der Waals surface area contributed by atoms with E-state index in [-0.39, 0.29) is 12.5 Å². The maximum Gasteiger partial charge on any atom is 0.257 e. The molecule has 130 valence electrons. The van der Waals surface area contributed by atoms with E-state index in [1.54, 1.807) is 36.4 Å². The van der Waals surface area contributed by atoms with E-state index in [1.165, 1.54) is 4.90 Å². The summed E-state index contributed by atoms with van der Waals surface area (Å²) in [6.07, 6.45) is 0. The Bertz CT molecular complexity index is 988. The Labute approximate surface area is 151 Å². The largest absolute Gasteiger partial charge is 0.397 e. The molecular weight excluding hydrogens is 326 g/mol. The van der Waals surface area contributed by atoms with Crippen molar-refractivity contribution in [3.05, 3.63) is 95.1 Å². The summed E-state index contributed by atoms with van der Waals surface area (Å²) in [7, 11) is 0. The average Bonchev–Trinajstić information content (AvgIpc) is 2.88. The van der Waals surface area contributed by atoms with Crippen LogP contribution in [0, 0.1) is 0 Å². The molecule has 1 atom stereocenters. The lowest BCUT2D eigenvalue weighted by atomic mass is 9.93.